The first-order chi connectivity index (χ1) is 14.7. The topological polar surface area (TPSA) is 75.5 Å². The number of aryl methyl sites for hydroxylation is 1. The summed E-state index contributed by atoms with van der Waals surface area (Å²) in [5.74, 6) is 1.58. The Bertz CT molecular complexity index is 940. The Kier molecular flexibility index (Phi) is 8.20. The minimum absolute atomic E-state index is 0.159. The van der Waals surface area contributed by atoms with Gasteiger partial charge in [-0.2, -0.15) is 0 Å². The van der Waals surface area contributed by atoms with Gasteiger partial charge in [0.05, 0.1) is 24.8 Å². The van der Waals surface area contributed by atoms with Gasteiger partial charge in [0.2, 0.25) is 0 Å². The summed E-state index contributed by atoms with van der Waals surface area (Å²) in [5, 5.41) is 0. The monoisotopic (exact) mass is 411 g/mol. The lowest BCUT2D eigenvalue weighted by molar-refractivity contribution is -0.140. The van der Waals surface area contributed by atoms with Crippen molar-refractivity contribution in [3.05, 3.63) is 42.7 Å². The average molecular weight is 412 g/mol. The summed E-state index contributed by atoms with van der Waals surface area (Å²) in [5.41, 5.74) is 3.01. The van der Waals surface area contributed by atoms with Gasteiger partial charge in [-0.05, 0) is 49.9 Å². The summed E-state index contributed by atoms with van der Waals surface area (Å²) in [4.78, 5) is 20.1. The second-order valence-electron chi connectivity index (χ2n) is 7.06. The van der Waals surface area contributed by atoms with Crippen molar-refractivity contribution in [2.45, 2.75) is 38.6 Å². The molecule has 0 N–H and O–H groups in total. The van der Waals surface area contributed by atoms with Crippen LogP contribution in [0, 0.1) is 0 Å². The van der Waals surface area contributed by atoms with Crippen molar-refractivity contribution < 1.29 is 19.0 Å². The maximum absolute atomic E-state index is 11.1. The Morgan fingerprint density at radius 2 is 1.83 bits per heavy atom. The molecular formula is C23H29N3O4. The van der Waals surface area contributed by atoms with Gasteiger partial charge in [0.1, 0.15) is 11.6 Å². The van der Waals surface area contributed by atoms with Crippen molar-refractivity contribution in [2.24, 2.45) is 0 Å². The number of fused-ring (bicyclic) bond motifs is 1. The van der Waals surface area contributed by atoms with Gasteiger partial charge >= 0.3 is 5.97 Å². The smallest absolute Gasteiger partial charge is 0.305 e. The largest absolute Gasteiger partial charge is 0.494 e. The molecule has 7 nitrogen and oxygen atoms in total. The number of pyridine rings is 1. The minimum atomic E-state index is -0.159. The zero-order chi connectivity index (χ0) is 21.2. The fourth-order valence-electron chi connectivity index (χ4n) is 3.35. The van der Waals surface area contributed by atoms with Gasteiger partial charge in [0, 0.05) is 50.7 Å². The molecule has 2 heterocycles. The first kappa shape index (κ1) is 21.8. The van der Waals surface area contributed by atoms with Crippen LogP contribution in [0.1, 0.15) is 32.1 Å². The van der Waals surface area contributed by atoms with Gasteiger partial charge in [0.25, 0.3) is 0 Å². The second-order valence-corrected chi connectivity index (χ2v) is 7.06. The van der Waals surface area contributed by atoms with E-state index in [4.69, 9.17) is 14.5 Å². The molecule has 3 rings (SSSR count). The molecule has 0 fully saturated rings. The third-order valence-corrected chi connectivity index (χ3v) is 4.91. The quantitative estimate of drug-likeness (QED) is 0.328. The SMILES string of the molecule is COCCCn1c(-c2ccncc2)nc2ccc(OCCCCCC(=O)OC)cc21. The van der Waals surface area contributed by atoms with E-state index < -0.39 is 0 Å². The van der Waals surface area contributed by atoms with Crippen LogP contribution < -0.4 is 4.74 Å². The fourth-order valence-corrected chi connectivity index (χ4v) is 3.35. The number of carbonyl (C=O) groups excluding carboxylic acids is 1. The van der Waals surface area contributed by atoms with Gasteiger partial charge in [0.15, 0.2) is 0 Å². The number of methoxy groups -OCH3 is 2. The normalized spacial score (nSPS) is 11.0. The van der Waals surface area contributed by atoms with Crippen LogP contribution in [-0.2, 0) is 20.8 Å². The molecule has 3 aromatic rings. The zero-order valence-corrected chi connectivity index (χ0v) is 17.7. The summed E-state index contributed by atoms with van der Waals surface area (Å²) in [6.07, 6.45) is 7.55. The number of carbonyl (C=O) groups is 1. The van der Waals surface area contributed by atoms with E-state index in [9.17, 15) is 4.79 Å². The summed E-state index contributed by atoms with van der Waals surface area (Å²) in [6.45, 7) is 2.11. The van der Waals surface area contributed by atoms with Gasteiger partial charge in [-0.3, -0.25) is 9.78 Å². The number of rotatable bonds is 12. The van der Waals surface area contributed by atoms with Crippen molar-refractivity contribution in [1.29, 1.82) is 0 Å². The van der Waals surface area contributed by atoms with E-state index in [2.05, 4.69) is 14.3 Å². The van der Waals surface area contributed by atoms with Crippen molar-refractivity contribution in [3.8, 4) is 17.1 Å². The Hall–Kier alpha value is -2.93. The fraction of sp³-hybridized carbons (Fsp3) is 0.435. The van der Waals surface area contributed by atoms with Crippen LogP contribution in [-0.4, -0.2) is 47.9 Å². The van der Waals surface area contributed by atoms with Crippen molar-refractivity contribution in [1.82, 2.24) is 14.5 Å². The van der Waals surface area contributed by atoms with E-state index in [-0.39, 0.29) is 5.97 Å². The van der Waals surface area contributed by atoms with Gasteiger partial charge in [-0.25, -0.2) is 4.98 Å². The van der Waals surface area contributed by atoms with E-state index in [1.165, 1.54) is 7.11 Å². The lowest BCUT2D eigenvalue weighted by Crippen LogP contribution is -2.04. The van der Waals surface area contributed by atoms with E-state index in [0.29, 0.717) is 19.6 Å². The number of benzene rings is 1. The van der Waals surface area contributed by atoms with Crippen LogP contribution in [0.25, 0.3) is 22.4 Å². The number of nitrogens with zero attached hydrogens (tertiary/aromatic N) is 3. The summed E-state index contributed by atoms with van der Waals surface area (Å²) in [6, 6.07) is 9.95. The average Bonchev–Trinajstić information content (AvgIpc) is 3.14. The Morgan fingerprint density at radius 1 is 1.00 bits per heavy atom. The zero-order valence-electron chi connectivity index (χ0n) is 17.7. The summed E-state index contributed by atoms with van der Waals surface area (Å²) < 4.78 is 18.1. The highest BCUT2D eigenvalue weighted by atomic mass is 16.5. The number of hydrogen-bond acceptors (Lipinski definition) is 6. The minimum Gasteiger partial charge on any atom is -0.494 e. The highest BCUT2D eigenvalue weighted by Crippen LogP contribution is 2.28. The Morgan fingerprint density at radius 3 is 2.60 bits per heavy atom. The Balaban J connectivity index is 1.70. The van der Waals surface area contributed by atoms with E-state index >= 15 is 0 Å². The second kappa shape index (κ2) is 11.3. The summed E-state index contributed by atoms with van der Waals surface area (Å²) in [7, 11) is 3.13. The van der Waals surface area contributed by atoms with Crippen LogP contribution in [0.15, 0.2) is 42.7 Å². The van der Waals surface area contributed by atoms with E-state index in [0.717, 1.165) is 60.4 Å². The molecule has 2 aromatic heterocycles. The van der Waals surface area contributed by atoms with Crippen LogP contribution in [0.4, 0.5) is 0 Å². The van der Waals surface area contributed by atoms with E-state index in [1.54, 1.807) is 19.5 Å². The van der Waals surface area contributed by atoms with Gasteiger partial charge in [-0.1, -0.05) is 0 Å². The molecule has 0 saturated heterocycles. The predicted molar refractivity (Wildman–Crippen MR) is 115 cm³/mol. The van der Waals surface area contributed by atoms with Crippen LogP contribution >= 0.6 is 0 Å². The molecule has 160 valence electrons. The molecule has 0 bridgehead atoms. The maximum atomic E-state index is 11.1. The number of unbranched alkanes of at least 4 members (excludes halogenated alkanes) is 2. The molecule has 0 aliphatic rings. The molecule has 0 unspecified atom stereocenters. The molecule has 0 radical (unpaired) electrons. The van der Waals surface area contributed by atoms with E-state index in [1.807, 2.05) is 30.3 Å². The number of esters is 1. The van der Waals surface area contributed by atoms with Crippen LogP contribution in [0.5, 0.6) is 5.75 Å². The first-order valence-electron chi connectivity index (χ1n) is 10.3. The molecule has 30 heavy (non-hydrogen) atoms. The molecule has 0 aliphatic carbocycles. The van der Waals surface area contributed by atoms with Crippen LogP contribution in [0.2, 0.25) is 0 Å². The van der Waals surface area contributed by atoms with Crippen molar-refractivity contribution in [2.75, 3.05) is 27.4 Å². The first-order valence-corrected chi connectivity index (χ1v) is 10.3. The number of aromatic nitrogens is 3. The van der Waals surface area contributed by atoms with Crippen molar-refractivity contribution in [3.63, 3.8) is 0 Å². The third-order valence-electron chi connectivity index (χ3n) is 4.91. The molecule has 0 spiro atoms. The number of imidazole rings is 1. The van der Waals surface area contributed by atoms with Crippen LogP contribution in [0.3, 0.4) is 0 Å². The predicted octanol–water partition coefficient (Wildman–Crippen LogP) is 4.25. The van der Waals surface area contributed by atoms with Crippen molar-refractivity contribution >= 4 is 17.0 Å². The molecule has 7 heteroatoms. The standard InChI is InChI=1S/C23H29N3O4/c1-28-15-6-14-26-21-17-19(30-16-5-3-4-7-22(27)29-2)8-9-20(21)25-23(26)18-10-12-24-13-11-18/h8-13,17H,3-7,14-16H2,1-2H3. The highest BCUT2D eigenvalue weighted by molar-refractivity contribution is 5.82. The molecule has 0 aliphatic heterocycles. The lowest BCUT2D eigenvalue weighted by atomic mass is 10.2. The maximum Gasteiger partial charge on any atom is 0.305 e. The summed E-state index contributed by atoms with van der Waals surface area (Å²) >= 11 is 0. The van der Waals surface area contributed by atoms with Gasteiger partial charge < -0.3 is 18.8 Å². The lowest BCUT2D eigenvalue weighted by Gasteiger charge is -2.10. The molecule has 0 amide bonds. The van der Waals surface area contributed by atoms with Gasteiger partial charge in [-0.15, -0.1) is 0 Å². The third kappa shape index (κ3) is 5.79. The number of ether oxygens (including phenoxy) is 3. The molecule has 0 saturated carbocycles. The molecular weight excluding hydrogens is 382 g/mol. The molecule has 1 aromatic carbocycles. The molecule has 0 atom stereocenters. The highest BCUT2D eigenvalue weighted by Gasteiger charge is 2.13. The number of hydrogen-bond donors (Lipinski definition) is 0. The Labute approximate surface area is 177 Å².